The predicted octanol–water partition coefficient (Wildman–Crippen LogP) is 2.75. The number of hydrogen-bond acceptors (Lipinski definition) is 6. The van der Waals surface area contributed by atoms with Crippen LogP contribution in [0.3, 0.4) is 0 Å². The number of rotatable bonds is 5. The fourth-order valence-electron chi connectivity index (χ4n) is 2.66. The van der Waals surface area contributed by atoms with Gasteiger partial charge < -0.3 is 20.8 Å². The van der Waals surface area contributed by atoms with E-state index in [1.54, 1.807) is 24.3 Å². The van der Waals surface area contributed by atoms with Gasteiger partial charge in [0.25, 0.3) is 5.91 Å². The molecule has 32 heavy (non-hydrogen) atoms. The molecular formula is C23H20N4O5. The van der Waals surface area contributed by atoms with Gasteiger partial charge >= 0.3 is 11.8 Å². The monoisotopic (exact) mass is 432 g/mol. The van der Waals surface area contributed by atoms with Crippen LogP contribution >= 0.6 is 0 Å². The molecule has 0 atom stereocenters. The fourth-order valence-corrected chi connectivity index (χ4v) is 2.66. The van der Waals surface area contributed by atoms with Crippen molar-refractivity contribution in [1.29, 1.82) is 0 Å². The lowest BCUT2D eigenvalue weighted by atomic mass is 10.1. The van der Waals surface area contributed by atoms with Gasteiger partial charge in [-0.15, -0.1) is 0 Å². The van der Waals surface area contributed by atoms with Crippen LogP contribution in [0.25, 0.3) is 0 Å². The summed E-state index contributed by atoms with van der Waals surface area (Å²) in [7, 11) is 0. The number of aryl methyl sites for hydroxylation is 1. The molecule has 0 aliphatic carbocycles. The molecule has 162 valence electrons. The zero-order chi connectivity index (χ0) is 23.1. The van der Waals surface area contributed by atoms with Crippen LogP contribution in [0.1, 0.15) is 21.5 Å². The number of phenolic OH excluding ortho intramolecular Hbond substituents is 2. The Balaban J connectivity index is 1.64. The number of aromatic hydroxyl groups is 2. The Morgan fingerprint density at radius 2 is 1.59 bits per heavy atom. The number of nitrogens with one attached hydrogen (secondary N) is 3. The number of nitrogens with zero attached hydrogens (tertiary/aromatic N) is 1. The van der Waals surface area contributed by atoms with E-state index in [1.807, 2.05) is 24.5 Å². The first-order valence-corrected chi connectivity index (χ1v) is 9.47. The van der Waals surface area contributed by atoms with Gasteiger partial charge in [0, 0.05) is 17.3 Å². The topological polar surface area (TPSA) is 140 Å². The molecule has 5 N–H and O–H groups in total. The number of carbonyl (C=O) groups is 3. The Labute approximate surface area is 183 Å². The van der Waals surface area contributed by atoms with Crippen LogP contribution in [-0.4, -0.2) is 34.1 Å². The molecule has 9 nitrogen and oxygen atoms in total. The zero-order valence-corrected chi connectivity index (χ0v) is 17.0. The number of carbonyl (C=O) groups excluding carboxylic acids is 3. The highest BCUT2D eigenvalue weighted by Crippen LogP contribution is 2.21. The van der Waals surface area contributed by atoms with Gasteiger partial charge in [-0.1, -0.05) is 29.8 Å². The molecule has 3 aromatic carbocycles. The maximum atomic E-state index is 12.6. The number of anilines is 2. The van der Waals surface area contributed by atoms with Crippen LogP contribution in [0, 0.1) is 6.92 Å². The van der Waals surface area contributed by atoms with E-state index in [-0.39, 0.29) is 28.3 Å². The van der Waals surface area contributed by atoms with Gasteiger partial charge in [-0.25, -0.2) is 5.43 Å². The van der Waals surface area contributed by atoms with Crippen molar-refractivity contribution in [3.8, 4) is 11.5 Å². The normalized spacial score (nSPS) is 10.5. The lowest BCUT2D eigenvalue weighted by Gasteiger charge is -2.11. The van der Waals surface area contributed by atoms with Crippen LogP contribution in [-0.2, 0) is 9.59 Å². The van der Waals surface area contributed by atoms with Crippen LogP contribution < -0.4 is 16.1 Å². The summed E-state index contributed by atoms with van der Waals surface area (Å²) in [4.78, 5) is 36.9. The molecule has 3 rings (SSSR count). The highest BCUT2D eigenvalue weighted by atomic mass is 16.3. The number of benzene rings is 3. The molecule has 0 fully saturated rings. The molecule has 0 aliphatic heterocycles. The second kappa shape index (κ2) is 9.90. The summed E-state index contributed by atoms with van der Waals surface area (Å²) in [5.74, 6) is -2.94. The molecule has 0 aliphatic rings. The number of hydrogen-bond donors (Lipinski definition) is 5. The number of para-hydroxylation sites is 1. The predicted molar refractivity (Wildman–Crippen MR) is 120 cm³/mol. The van der Waals surface area contributed by atoms with Crippen LogP contribution in [0.5, 0.6) is 11.5 Å². The average molecular weight is 432 g/mol. The minimum atomic E-state index is -1.08. The van der Waals surface area contributed by atoms with E-state index in [9.17, 15) is 24.6 Å². The van der Waals surface area contributed by atoms with Crippen molar-refractivity contribution in [2.45, 2.75) is 6.92 Å². The van der Waals surface area contributed by atoms with Crippen LogP contribution in [0.15, 0.2) is 71.8 Å². The first kappa shape index (κ1) is 22.0. The van der Waals surface area contributed by atoms with E-state index in [0.717, 1.165) is 17.8 Å². The van der Waals surface area contributed by atoms with Gasteiger partial charge in [-0.2, -0.15) is 5.10 Å². The highest BCUT2D eigenvalue weighted by molar-refractivity contribution is 6.40. The summed E-state index contributed by atoms with van der Waals surface area (Å²) in [5.41, 5.74) is 4.21. The molecule has 0 spiro atoms. The first-order valence-electron chi connectivity index (χ1n) is 9.47. The van der Waals surface area contributed by atoms with Gasteiger partial charge in [-0.3, -0.25) is 14.4 Å². The number of hydrazone groups is 1. The number of amides is 3. The summed E-state index contributed by atoms with van der Waals surface area (Å²) in [6, 6.07) is 17.3. The van der Waals surface area contributed by atoms with Crippen LogP contribution in [0.2, 0.25) is 0 Å². The van der Waals surface area contributed by atoms with Crippen LogP contribution in [0.4, 0.5) is 11.4 Å². The molecule has 3 aromatic rings. The third-order valence-electron chi connectivity index (χ3n) is 4.32. The summed E-state index contributed by atoms with van der Waals surface area (Å²) in [6.07, 6.45) is 1.11. The van der Waals surface area contributed by atoms with Crippen molar-refractivity contribution in [3.05, 3.63) is 83.4 Å². The fraction of sp³-hybridized carbons (Fsp3) is 0.0435. The maximum Gasteiger partial charge on any atom is 0.329 e. The third kappa shape index (κ3) is 5.70. The standard InChI is InChI=1S/C23H20N4O5/c1-14-6-9-16(10-7-14)25-21(30)18-4-2-3-5-19(18)26-22(31)23(32)27-24-13-15-8-11-17(28)12-20(15)29/h2-13,28-29H,1H3,(H,25,30)(H,26,31)(H,27,32). The van der Waals surface area contributed by atoms with E-state index in [1.165, 1.54) is 24.3 Å². The van der Waals surface area contributed by atoms with Crippen molar-refractivity contribution >= 4 is 35.3 Å². The average Bonchev–Trinajstić information content (AvgIpc) is 2.77. The summed E-state index contributed by atoms with van der Waals surface area (Å²) in [5, 5.41) is 27.7. The Morgan fingerprint density at radius 3 is 2.31 bits per heavy atom. The van der Waals surface area contributed by atoms with E-state index >= 15 is 0 Å². The quantitative estimate of drug-likeness (QED) is 0.240. The molecule has 0 saturated carbocycles. The number of phenols is 2. The Hall–Kier alpha value is -4.66. The molecule has 0 heterocycles. The Bertz CT molecular complexity index is 1190. The lowest BCUT2D eigenvalue weighted by molar-refractivity contribution is -0.136. The second-order valence-corrected chi connectivity index (χ2v) is 6.76. The summed E-state index contributed by atoms with van der Waals surface area (Å²) < 4.78 is 0. The molecule has 0 unspecified atom stereocenters. The molecule has 0 bridgehead atoms. The SMILES string of the molecule is Cc1ccc(NC(=O)c2ccccc2NC(=O)C(=O)NN=Cc2ccc(O)cc2O)cc1. The molecule has 0 radical (unpaired) electrons. The van der Waals surface area contributed by atoms with E-state index < -0.39 is 17.7 Å². The van der Waals surface area contributed by atoms with Gasteiger partial charge in [-0.05, 0) is 43.3 Å². The van der Waals surface area contributed by atoms with Crippen molar-refractivity contribution in [1.82, 2.24) is 5.43 Å². The van der Waals surface area contributed by atoms with Crippen molar-refractivity contribution < 1.29 is 24.6 Å². The minimum absolute atomic E-state index is 0.131. The molecule has 0 saturated heterocycles. The largest absolute Gasteiger partial charge is 0.508 e. The Kier molecular flexibility index (Phi) is 6.81. The molecule has 0 aromatic heterocycles. The molecule has 9 heteroatoms. The van der Waals surface area contributed by atoms with E-state index in [0.29, 0.717) is 5.69 Å². The maximum absolute atomic E-state index is 12.6. The van der Waals surface area contributed by atoms with Crippen molar-refractivity contribution in [3.63, 3.8) is 0 Å². The zero-order valence-electron chi connectivity index (χ0n) is 17.0. The summed E-state index contributed by atoms with van der Waals surface area (Å²) in [6.45, 7) is 1.93. The first-order chi connectivity index (χ1) is 15.3. The Morgan fingerprint density at radius 1 is 0.875 bits per heavy atom. The second-order valence-electron chi connectivity index (χ2n) is 6.76. The van der Waals surface area contributed by atoms with Gasteiger partial charge in [0.15, 0.2) is 0 Å². The van der Waals surface area contributed by atoms with Crippen molar-refractivity contribution in [2.24, 2.45) is 5.10 Å². The van der Waals surface area contributed by atoms with Gasteiger partial charge in [0.05, 0.1) is 17.5 Å². The molecular weight excluding hydrogens is 412 g/mol. The van der Waals surface area contributed by atoms with E-state index in [4.69, 9.17) is 0 Å². The highest BCUT2D eigenvalue weighted by Gasteiger charge is 2.17. The van der Waals surface area contributed by atoms with Gasteiger partial charge in [0.2, 0.25) is 0 Å². The van der Waals surface area contributed by atoms with Gasteiger partial charge in [0.1, 0.15) is 11.5 Å². The summed E-state index contributed by atoms with van der Waals surface area (Å²) >= 11 is 0. The smallest absolute Gasteiger partial charge is 0.329 e. The van der Waals surface area contributed by atoms with Crippen molar-refractivity contribution in [2.75, 3.05) is 10.6 Å². The lowest BCUT2D eigenvalue weighted by Crippen LogP contribution is -2.33. The minimum Gasteiger partial charge on any atom is -0.508 e. The van der Waals surface area contributed by atoms with E-state index in [2.05, 4.69) is 15.7 Å². The third-order valence-corrected chi connectivity index (χ3v) is 4.32. The molecule has 3 amide bonds.